The van der Waals surface area contributed by atoms with Crippen molar-refractivity contribution in [3.05, 3.63) is 204 Å². The van der Waals surface area contributed by atoms with E-state index in [-0.39, 0.29) is 0 Å². The molecular formula is C47H30O. The van der Waals surface area contributed by atoms with Crippen LogP contribution >= 0.6 is 0 Å². The number of hydrogen-bond acceptors (Lipinski definition) is 1. The fourth-order valence-electron chi connectivity index (χ4n) is 8.42. The highest BCUT2D eigenvalue weighted by molar-refractivity contribution is 6.05. The van der Waals surface area contributed by atoms with Crippen LogP contribution in [-0.4, -0.2) is 0 Å². The summed E-state index contributed by atoms with van der Waals surface area (Å²) < 4.78 is 6.46. The van der Waals surface area contributed by atoms with Crippen molar-refractivity contribution in [1.29, 1.82) is 0 Å². The van der Waals surface area contributed by atoms with Crippen molar-refractivity contribution in [3.8, 4) is 56.0 Å². The summed E-state index contributed by atoms with van der Waals surface area (Å²) in [4.78, 5) is 0. The minimum atomic E-state index is -0.436. The smallest absolute Gasteiger partial charge is 0.135 e. The second kappa shape index (κ2) is 10.4. The summed E-state index contributed by atoms with van der Waals surface area (Å²) in [5, 5.41) is 2.37. The summed E-state index contributed by atoms with van der Waals surface area (Å²) >= 11 is 0. The molecule has 8 aromatic rings. The average molecular weight is 611 g/mol. The zero-order chi connectivity index (χ0) is 31.7. The van der Waals surface area contributed by atoms with Gasteiger partial charge < -0.3 is 4.74 Å². The van der Waals surface area contributed by atoms with E-state index in [0.717, 1.165) is 17.1 Å². The second-order valence-corrected chi connectivity index (χ2v) is 12.8. The Hall–Kier alpha value is -6.18. The van der Waals surface area contributed by atoms with Gasteiger partial charge in [0, 0.05) is 10.9 Å². The third kappa shape index (κ3) is 3.73. The molecule has 10 rings (SSSR count). The summed E-state index contributed by atoms with van der Waals surface area (Å²) in [6.07, 6.45) is 0. The first-order valence-electron chi connectivity index (χ1n) is 16.6. The van der Waals surface area contributed by atoms with E-state index in [2.05, 4.69) is 182 Å². The quantitative estimate of drug-likeness (QED) is 0.193. The first kappa shape index (κ1) is 27.0. The lowest BCUT2D eigenvalue weighted by molar-refractivity contribution is 0.487. The van der Waals surface area contributed by atoms with Gasteiger partial charge in [-0.2, -0.15) is 0 Å². The van der Waals surface area contributed by atoms with E-state index in [0.29, 0.717) is 0 Å². The average Bonchev–Trinajstić information content (AvgIpc) is 3.47. The van der Waals surface area contributed by atoms with Crippen molar-refractivity contribution in [2.45, 2.75) is 5.41 Å². The van der Waals surface area contributed by atoms with Gasteiger partial charge in [-0.3, -0.25) is 0 Å². The van der Waals surface area contributed by atoms with Crippen LogP contribution in [0.5, 0.6) is 11.5 Å². The van der Waals surface area contributed by atoms with Crippen molar-refractivity contribution >= 4 is 10.8 Å². The standard InChI is InChI=1S/C47H30O/c1-3-16-33(17-4-1)47(34-18-5-2-6-19-34)41-25-10-9-22-39(41)46-37(24-13-26-42(46)47)36-21-8-7-20-35(36)32-28-29-43-40(30-32)38-23-11-14-31-15-12-27-44(48-43)45(31)38/h1-30H. The molecule has 8 aromatic carbocycles. The van der Waals surface area contributed by atoms with Gasteiger partial charge in [0.15, 0.2) is 0 Å². The fraction of sp³-hybridized carbons (Fsp3) is 0.0213. The Bertz CT molecular complexity index is 2480. The van der Waals surface area contributed by atoms with Gasteiger partial charge in [0.2, 0.25) is 0 Å². The lowest BCUT2D eigenvalue weighted by Crippen LogP contribution is -2.28. The van der Waals surface area contributed by atoms with E-state index in [1.165, 1.54) is 72.0 Å². The Balaban J connectivity index is 1.22. The fourth-order valence-corrected chi connectivity index (χ4v) is 8.42. The molecule has 0 saturated heterocycles. The van der Waals surface area contributed by atoms with Gasteiger partial charge >= 0.3 is 0 Å². The molecule has 48 heavy (non-hydrogen) atoms. The summed E-state index contributed by atoms with van der Waals surface area (Å²) in [5.74, 6) is 1.81. The van der Waals surface area contributed by atoms with Crippen molar-refractivity contribution in [1.82, 2.24) is 0 Å². The molecule has 1 aliphatic heterocycles. The van der Waals surface area contributed by atoms with Gasteiger partial charge in [-0.15, -0.1) is 0 Å². The molecule has 1 aliphatic carbocycles. The molecule has 0 saturated carbocycles. The maximum absolute atomic E-state index is 6.46. The minimum Gasteiger partial charge on any atom is -0.456 e. The minimum absolute atomic E-state index is 0.436. The van der Waals surface area contributed by atoms with Crippen LogP contribution in [0.4, 0.5) is 0 Å². The summed E-state index contributed by atoms with van der Waals surface area (Å²) in [6, 6.07) is 66.3. The molecule has 0 fully saturated rings. The van der Waals surface area contributed by atoms with Gasteiger partial charge in [0.05, 0.1) is 5.41 Å². The van der Waals surface area contributed by atoms with Crippen LogP contribution in [0.1, 0.15) is 22.3 Å². The monoisotopic (exact) mass is 610 g/mol. The zero-order valence-corrected chi connectivity index (χ0v) is 26.2. The van der Waals surface area contributed by atoms with Gasteiger partial charge in [0.25, 0.3) is 0 Å². The molecule has 2 aliphatic rings. The van der Waals surface area contributed by atoms with E-state index in [1.54, 1.807) is 0 Å². The first-order valence-corrected chi connectivity index (χ1v) is 16.6. The number of rotatable bonds is 4. The van der Waals surface area contributed by atoms with Gasteiger partial charge in [-0.05, 0) is 84.8 Å². The van der Waals surface area contributed by atoms with Gasteiger partial charge in [-0.1, -0.05) is 164 Å². The van der Waals surface area contributed by atoms with E-state index in [4.69, 9.17) is 4.74 Å². The highest BCUT2D eigenvalue weighted by atomic mass is 16.5. The predicted octanol–water partition coefficient (Wildman–Crippen LogP) is 12.3. The third-order valence-corrected chi connectivity index (χ3v) is 10.4. The molecular weight excluding hydrogens is 581 g/mol. The summed E-state index contributed by atoms with van der Waals surface area (Å²) in [7, 11) is 0. The Kier molecular flexibility index (Phi) is 5.86. The van der Waals surface area contributed by atoms with Crippen LogP contribution in [0.3, 0.4) is 0 Å². The third-order valence-electron chi connectivity index (χ3n) is 10.4. The first-order chi connectivity index (χ1) is 23.8. The van der Waals surface area contributed by atoms with Crippen LogP contribution in [-0.2, 0) is 5.41 Å². The van der Waals surface area contributed by atoms with Crippen LogP contribution in [0, 0.1) is 0 Å². The van der Waals surface area contributed by atoms with E-state index in [1.807, 2.05) is 0 Å². The van der Waals surface area contributed by atoms with Gasteiger partial charge in [-0.25, -0.2) is 0 Å². The van der Waals surface area contributed by atoms with Crippen molar-refractivity contribution < 1.29 is 4.74 Å². The largest absolute Gasteiger partial charge is 0.456 e. The molecule has 1 heteroatoms. The molecule has 224 valence electrons. The highest BCUT2D eigenvalue weighted by Crippen LogP contribution is 2.59. The van der Waals surface area contributed by atoms with Crippen molar-refractivity contribution in [2.75, 3.05) is 0 Å². The lowest BCUT2D eigenvalue weighted by Gasteiger charge is -2.34. The molecule has 0 spiro atoms. The summed E-state index contributed by atoms with van der Waals surface area (Å²) in [6.45, 7) is 0. The topological polar surface area (TPSA) is 9.23 Å². The van der Waals surface area contributed by atoms with Crippen LogP contribution in [0.15, 0.2) is 182 Å². The molecule has 0 N–H and O–H groups in total. The Morgan fingerprint density at radius 2 is 0.938 bits per heavy atom. The normalized spacial score (nSPS) is 13.3. The molecule has 1 heterocycles. The molecule has 0 radical (unpaired) electrons. The van der Waals surface area contributed by atoms with Crippen LogP contribution < -0.4 is 4.74 Å². The molecule has 0 unspecified atom stereocenters. The summed E-state index contributed by atoms with van der Waals surface area (Å²) in [5.41, 5.74) is 14.5. The number of benzene rings is 8. The maximum Gasteiger partial charge on any atom is 0.135 e. The van der Waals surface area contributed by atoms with Gasteiger partial charge in [0.1, 0.15) is 11.5 Å². The van der Waals surface area contributed by atoms with Crippen LogP contribution in [0.2, 0.25) is 0 Å². The Morgan fingerprint density at radius 1 is 0.354 bits per heavy atom. The SMILES string of the molecule is c1ccc(C2(c3ccccc3)c3ccccc3-c3c(-c4ccccc4-c4ccc5c(c4)-c4cccc6cccc(c46)O5)cccc32)cc1. The van der Waals surface area contributed by atoms with Crippen molar-refractivity contribution in [2.24, 2.45) is 0 Å². The molecule has 0 atom stereocenters. The maximum atomic E-state index is 6.46. The molecule has 1 nitrogen and oxygen atoms in total. The Labute approximate surface area is 280 Å². The lowest BCUT2D eigenvalue weighted by atomic mass is 9.67. The van der Waals surface area contributed by atoms with E-state index in [9.17, 15) is 0 Å². The van der Waals surface area contributed by atoms with Crippen LogP contribution in [0.25, 0.3) is 55.3 Å². The zero-order valence-electron chi connectivity index (χ0n) is 26.2. The highest BCUT2D eigenvalue weighted by Gasteiger charge is 2.46. The molecule has 0 aromatic heterocycles. The van der Waals surface area contributed by atoms with E-state index >= 15 is 0 Å². The molecule has 0 bridgehead atoms. The second-order valence-electron chi connectivity index (χ2n) is 12.8. The number of ether oxygens (including phenoxy) is 1. The predicted molar refractivity (Wildman–Crippen MR) is 198 cm³/mol. The molecule has 0 amide bonds. The van der Waals surface area contributed by atoms with Crippen molar-refractivity contribution in [3.63, 3.8) is 0 Å². The number of hydrogen-bond donors (Lipinski definition) is 0. The Morgan fingerprint density at radius 3 is 1.71 bits per heavy atom. The van der Waals surface area contributed by atoms with E-state index < -0.39 is 5.41 Å². The number of fused-ring (bicyclic) bond motifs is 5.